The van der Waals surface area contributed by atoms with Gasteiger partial charge in [0.1, 0.15) is 0 Å². The lowest BCUT2D eigenvalue weighted by molar-refractivity contribution is 0.129. The zero-order chi connectivity index (χ0) is 13.9. The molecular formula is C13H20N2O3S. The molecule has 6 heteroatoms. The van der Waals surface area contributed by atoms with Crippen molar-refractivity contribution in [1.29, 1.82) is 0 Å². The molecule has 1 saturated carbocycles. The molecule has 0 saturated heterocycles. The lowest BCUT2D eigenvalue weighted by Gasteiger charge is -2.09. The van der Waals surface area contributed by atoms with E-state index in [1.54, 1.807) is 12.1 Å². The molecule has 0 heterocycles. The summed E-state index contributed by atoms with van der Waals surface area (Å²) in [5.41, 5.74) is 7.06. The summed E-state index contributed by atoms with van der Waals surface area (Å²) in [7, 11) is -3.49. The molecule has 0 amide bonds. The first-order chi connectivity index (χ1) is 8.99. The van der Waals surface area contributed by atoms with Gasteiger partial charge in [-0.05, 0) is 43.4 Å². The van der Waals surface area contributed by atoms with Crippen LogP contribution in [0.2, 0.25) is 0 Å². The Morgan fingerprint density at radius 1 is 1.42 bits per heavy atom. The second-order valence-electron chi connectivity index (χ2n) is 4.93. The second kappa shape index (κ2) is 5.90. The van der Waals surface area contributed by atoms with Crippen molar-refractivity contribution in [2.45, 2.75) is 24.7 Å². The predicted octanol–water partition coefficient (Wildman–Crippen LogP) is 1.28. The third-order valence-corrected chi connectivity index (χ3v) is 4.61. The topological polar surface area (TPSA) is 81.4 Å². The number of hydrogen-bond acceptors (Lipinski definition) is 4. The summed E-state index contributed by atoms with van der Waals surface area (Å²) in [6.45, 7) is 3.25. The van der Waals surface area contributed by atoms with Crippen molar-refractivity contribution in [2.24, 2.45) is 5.92 Å². The van der Waals surface area contributed by atoms with E-state index in [2.05, 4.69) is 4.72 Å². The average Bonchev–Trinajstić information content (AvgIpc) is 3.16. The Kier molecular flexibility index (Phi) is 4.44. The molecule has 106 valence electrons. The van der Waals surface area contributed by atoms with Gasteiger partial charge in [-0.1, -0.05) is 6.07 Å². The molecule has 1 aromatic rings. The zero-order valence-corrected chi connectivity index (χ0v) is 11.9. The van der Waals surface area contributed by atoms with Gasteiger partial charge in [0.2, 0.25) is 10.0 Å². The molecule has 0 atom stereocenters. The fourth-order valence-electron chi connectivity index (χ4n) is 1.65. The maximum Gasteiger partial charge on any atom is 0.240 e. The summed E-state index contributed by atoms with van der Waals surface area (Å²) < 4.78 is 31.9. The molecule has 2 rings (SSSR count). The van der Waals surface area contributed by atoms with E-state index in [0.29, 0.717) is 18.2 Å². The Balaban J connectivity index is 1.84. The van der Waals surface area contributed by atoms with Crippen molar-refractivity contribution in [3.63, 3.8) is 0 Å². The van der Waals surface area contributed by atoms with Crippen molar-refractivity contribution >= 4 is 15.7 Å². The van der Waals surface area contributed by atoms with Crippen LogP contribution in [0, 0.1) is 12.8 Å². The number of aryl methyl sites for hydroxylation is 1. The first kappa shape index (κ1) is 14.3. The molecule has 0 bridgehead atoms. The number of ether oxygens (including phenoxy) is 1. The Bertz CT molecular complexity index is 539. The summed E-state index contributed by atoms with van der Waals surface area (Å²) in [4.78, 5) is 0.192. The Hall–Kier alpha value is -1.11. The number of nitrogens with two attached hydrogens (primary N) is 1. The normalized spacial score (nSPS) is 15.6. The summed E-state index contributed by atoms with van der Waals surface area (Å²) in [5, 5.41) is 0. The fourth-order valence-corrected chi connectivity index (χ4v) is 2.70. The van der Waals surface area contributed by atoms with Crippen molar-refractivity contribution < 1.29 is 13.2 Å². The zero-order valence-electron chi connectivity index (χ0n) is 11.1. The number of rotatable bonds is 7. The van der Waals surface area contributed by atoms with Crippen molar-refractivity contribution in [3.05, 3.63) is 23.8 Å². The van der Waals surface area contributed by atoms with Gasteiger partial charge >= 0.3 is 0 Å². The standard InChI is InChI=1S/C13H20N2O3S/c1-10-2-5-12(8-13(10)14)19(16,17)15-6-7-18-9-11-3-4-11/h2,5,8,11,15H,3-4,6-7,9,14H2,1H3. The van der Waals surface area contributed by atoms with Crippen LogP contribution in [0.4, 0.5) is 5.69 Å². The smallest absolute Gasteiger partial charge is 0.240 e. The highest BCUT2D eigenvalue weighted by molar-refractivity contribution is 7.89. The Labute approximate surface area is 114 Å². The van der Waals surface area contributed by atoms with Crippen LogP contribution in [-0.4, -0.2) is 28.2 Å². The minimum Gasteiger partial charge on any atom is -0.398 e. The summed E-state index contributed by atoms with van der Waals surface area (Å²) in [6.07, 6.45) is 2.46. The number of hydrogen-bond donors (Lipinski definition) is 2. The van der Waals surface area contributed by atoms with E-state index in [4.69, 9.17) is 10.5 Å². The molecule has 0 radical (unpaired) electrons. The molecule has 3 N–H and O–H groups in total. The third kappa shape index (κ3) is 4.19. The predicted molar refractivity (Wildman–Crippen MR) is 74.3 cm³/mol. The largest absolute Gasteiger partial charge is 0.398 e. The minimum absolute atomic E-state index is 0.192. The maximum atomic E-state index is 12.0. The van der Waals surface area contributed by atoms with Crippen molar-refractivity contribution in [2.75, 3.05) is 25.5 Å². The van der Waals surface area contributed by atoms with Crippen LogP contribution >= 0.6 is 0 Å². The molecule has 0 aromatic heterocycles. The van der Waals surface area contributed by atoms with Crippen LogP contribution in [0.1, 0.15) is 18.4 Å². The first-order valence-corrected chi connectivity index (χ1v) is 7.91. The van der Waals surface area contributed by atoms with Gasteiger partial charge in [0.25, 0.3) is 0 Å². The maximum absolute atomic E-state index is 12.0. The molecule has 1 aromatic carbocycles. The van der Waals surface area contributed by atoms with Gasteiger partial charge in [0.15, 0.2) is 0 Å². The molecular weight excluding hydrogens is 264 g/mol. The second-order valence-corrected chi connectivity index (χ2v) is 6.70. The highest BCUT2D eigenvalue weighted by atomic mass is 32.2. The van der Waals surface area contributed by atoms with Crippen molar-refractivity contribution in [3.8, 4) is 0 Å². The van der Waals surface area contributed by atoms with E-state index in [1.807, 2.05) is 6.92 Å². The van der Waals surface area contributed by atoms with Gasteiger partial charge in [0, 0.05) is 18.8 Å². The number of anilines is 1. The molecule has 19 heavy (non-hydrogen) atoms. The monoisotopic (exact) mass is 284 g/mol. The lowest BCUT2D eigenvalue weighted by atomic mass is 10.2. The van der Waals surface area contributed by atoms with Gasteiger partial charge in [0.05, 0.1) is 11.5 Å². The van der Waals surface area contributed by atoms with E-state index < -0.39 is 10.0 Å². The third-order valence-electron chi connectivity index (χ3n) is 3.15. The number of benzene rings is 1. The quantitative estimate of drug-likeness (QED) is 0.584. The van der Waals surface area contributed by atoms with E-state index in [9.17, 15) is 8.42 Å². The molecule has 0 unspecified atom stereocenters. The van der Waals surface area contributed by atoms with Crippen LogP contribution < -0.4 is 10.5 Å². The molecule has 0 aliphatic heterocycles. The minimum atomic E-state index is -3.49. The van der Waals surface area contributed by atoms with Gasteiger partial charge in [-0.2, -0.15) is 0 Å². The molecule has 1 aliphatic carbocycles. The summed E-state index contributed by atoms with van der Waals surface area (Å²) in [5.74, 6) is 0.688. The van der Waals surface area contributed by atoms with Crippen LogP contribution in [0.25, 0.3) is 0 Å². The van der Waals surface area contributed by atoms with Crippen LogP contribution in [0.15, 0.2) is 23.1 Å². The summed E-state index contributed by atoms with van der Waals surface area (Å²) >= 11 is 0. The molecule has 5 nitrogen and oxygen atoms in total. The highest BCUT2D eigenvalue weighted by Gasteiger charge is 2.21. The lowest BCUT2D eigenvalue weighted by Crippen LogP contribution is -2.27. The van der Waals surface area contributed by atoms with Crippen LogP contribution in [0.5, 0.6) is 0 Å². The van der Waals surface area contributed by atoms with Gasteiger partial charge < -0.3 is 10.5 Å². The van der Waals surface area contributed by atoms with E-state index >= 15 is 0 Å². The average molecular weight is 284 g/mol. The molecule has 0 spiro atoms. The molecule has 1 aliphatic rings. The highest BCUT2D eigenvalue weighted by Crippen LogP contribution is 2.28. The Morgan fingerprint density at radius 3 is 2.79 bits per heavy atom. The SMILES string of the molecule is Cc1ccc(S(=O)(=O)NCCOCC2CC2)cc1N. The van der Waals surface area contributed by atoms with Crippen LogP contribution in [-0.2, 0) is 14.8 Å². The van der Waals surface area contributed by atoms with Crippen molar-refractivity contribution in [1.82, 2.24) is 4.72 Å². The fraction of sp³-hybridized carbons (Fsp3) is 0.538. The van der Waals surface area contributed by atoms with E-state index in [0.717, 1.165) is 12.2 Å². The number of nitrogens with one attached hydrogen (secondary N) is 1. The number of nitrogen functional groups attached to an aromatic ring is 1. The first-order valence-electron chi connectivity index (χ1n) is 6.42. The van der Waals surface area contributed by atoms with E-state index in [1.165, 1.54) is 18.9 Å². The number of sulfonamides is 1. The summed E-state index contributed by atoms with van der Waals surface area (Å²) in [6, 6.07) is 4.73. The van der Waals surface area contributed by atoms with Gasteiger partial charge in [-0.15, -0.1) is 0 Å². The Morgan fingerprint density at radius 2 is 2.16 bits per heavy atom. The van der Waals surface area contributed by atoms with E-state index in [-0.39, 0.29) is 11.4 Å². The van der Waals surface area contributed by atoms with Gasteiger partial charge in [-0.25, -0.2) is 13.1 Å². The van der Waals surface area contributed by atoms with Crippen LogP contribution in [0.3, 0.4) is 0 Å². The molecule has 1 fully saturated rings. The van der Waals surface area contributed by atoms with Gasteiger partial charge in [-0.3, -0.25) is 0 Å².